The summed E-state index contributed by atoms with van der Waals surface area (Å²) in [4.78, 5) is 29.5. The number of nitrogens with zero attached hydrogens (tertiary/aromatic N) is 2. The maximum Gasteiger partial charge on any atom is 0.266 e. The van der Waals surface area contributed by atoms with Gasteiger partial charge < -0.3 is 11.1 Å². The minimum Gasteiger partial charge on any atom is -0.370 e. The third kappa shape index (κ3) is 1.89. The minimum absolute atomic E-state index is 0.0413. The molecular formula is C16H10FN5O2. The van der Waals surface area contributed by atoms with Crippen LogP contribution in [0.3, 0.4) is 0 Å². The number of carbonyl (C=O) groups excluding carboxylic acids is 1. The molecule has 4 rings (SSSR count). The van der Waals surface area contributed by atoms with Gasteiger partial charge in [0, 0.05) is 5.69 Å². The highest BCUT2D eigenvalue weighted by Gasteiger charge is 2.30. The number of nitrogens with two attached hydrogens (primary N) is 1. The summed E-state index contributed by atoms with van der Waals surface area (Å²) >= 11 is 0. The van der Waals surface area contributed by atoms with Gasteiger partial charge in [0.1, 0.15) is 5.82 Å². The third-order valence-corrected chi connectivity index (χ3v) is 3.79. The molecule has 0 saturated carbocycles. The second-order valence-corrected chi connectivity index (χ2v) is 5.34. The van der Waals surface area contributed by atoms with Crippen LogP contribution in [0, 0.1) is 11.2 Å². The molecule has 1 aliphatic heterocycles. The fraction of sp³-hybridized carbons (Fsp3) is 0. The Balaban J connectivity index is 2.03. The van der Waals surface area contributed by atoms with Crippen LogP contribution in [0.5, 0.6) is 0 Å². The number of benzene rings is 2. The van der Waals surface area contributed by atoms with Crippen LogP contribution in [-0.2, 0) is 0 Å². The number of guanidine groups is 1. The largest absolute Gasteiger partial charge is 0.370 e. The van der Waals surface area contributed by atoms with Crippen LogP contribution in [0.1, 0.15) is 16.2 Å². The van der Waals surface area contributed by atoms with Gasteiger partial charge in [0.2, 0.25) is 5.78 Å². The molecule has 0 unspecified atom stereocenters. The van der Waals surface area contributed by atoms with Gasteiger partial charge >= 0.3 is 0 Å². The Kier molecular flexibility index (Phi) is 2.77. The van der Waals surface area contributed by atoms with Crippen molar-refractivity contribution in [1.29, 1.82) is 5.41 Å². The van der Waals surface area contributed by atoms with E-state index in [1.165, 1.54) is 22.8 Å². The van der Waals surface area contributed by atoms with E-state index in [-0.39, 0.29) is 22.7 Å². The smallest absolute Gasteiger partial charge is 0.266 e. The average molecular weight is 323 g/mol. The minimum atomic E-state index is -0.555. The van der Waals surface area contributed by atoms with Gasteiger partial charge in [-0.3, -0.25) is 19.6 Å². The molecule has 0 spiro atoms. The van der Waals surface area contributed by atoms with Crippen LogP contribution >= 0.6 is 0 Å². The first-order chi connectivity index (χ1) is 11.5. The molecule has 4 N–H and O–H groups in total. The lowest BCUT2D eigenvalue weighted by molar-refractivity contribution is 0.103. The fourth-order valence-electron chi connectivity index (χ4n) is 2.80. The maximum atomic E-state index is 13.4. The Morgan fingerprint density at radius 2 is 2.00 bits per heavy atom. The monoisotopic (exact) mass is 323 g/mol. The number of aromatic nitrogens is 2. The molecule has 3 aromatic rings. The van der Waals surface area contributed by atoms with Gasteiger partial charge in [-0.15, -0.1) is 0 Å². The number of hydrogen-bond donors (Lipinski definition) is 3. The van der Waals surface area contributed by atoms with E-state index >= 15 is 0 Å². The lowest BCUT2D eigenvalue weighted by atomic mass is 10.1. The number of hydrogen-bond acceptors (Lipinski definition) is 4. The summed E-state index contributed by atoms with van der Waals surface area (Å²) < 4.78 is 14.6. The molecule has 0 fully saturated rings. The van der Waals surface area contributed by atoms with Crippen molar-refractivity contribution >= 4 is 28.3 Å². The first kappa shape index (κ1) is 14.1. The molecule has 0 atom stereocenters. The van der Waals surface area contributed by atoms with Gasteiger partial charge in [-0.25, -0.2) is 9.37 Å². The molecule has 1 aromatic heterocycles. The van der Waals surface area contributed by atoms with Crippen molar-refractivity contribution in [2.24, 2.45) is 5.73 Å². The van der Waals surface area contributed by atoms with E-state index in [1.54, 1.807) is 12.1 Å². The molecular weight excluding hydrogens is 313 g/mol. The van der Waals surface area contributed by atoms with E-state index in [1.807, 2.05) is 0 Å². The molecule has 2 aromatic carbocycles. The second kappa shape index (κ2) is 4.72. The number of halogens is 1. The van der Waals surface area contributed by atoms with E-state index < -0.39 is 17.2 Å². The lowest BCUT2D eigenvalue weighted by Gasteiger charge is -2.08. The van der Waals surface area contributed by atoms with Gasteiger partial charge in [-0.1, -0.05) is 0 Å². The van der Waals surface area contributed by atoms with E-state index in [2.05, 4.69) is 10.3 Å². The SMILES string of the molecule is N=C(N)Nc1ccc2nc3n(c(=O)c2c1)-c1ccc(F)cc1C3=O. The van der Waals surface area contributed by atoms with Gasteiger partial charge in [-0.05, 0) is 36.4 Å². The molecule has 24 heavy (non-hydrogen) atoms. The number of fused-ring (bicyclic) bond motifs is 4. The molecule has 118 valence electrons. The van der Waals surface area contributed by atoms with E-state index in [9.17, 15) is 14.0 Å². The lowest BCUT2D eigenvalue weighted by Crippen LogP contribution is -2.23. The van der Waals surface area contributed by atoms with Crippen LogP contribution in [0.25, 0.3) is 16.6 Å². The summed E-state index contributed by atoms with van der Waals surface area (Å²) in [5, 5.41) is 10.1. The van der Waals surface area contributed by atoms with Gasteiger partial charge in [0.25, 0.3) is 5.56 Å². The van der Waals surface area contributed by atoms with Gasteiger partial charge in [0.15, 0.2) is 11.8 Å². The topological polar surface area (TPSA) is 114 Å². The predicted molar refractivity (Wildman–Crippen MR) is 86.3 cm³/mol. The second-order valence-electron chi connectivity index (χ2n) is 5.34. The Hall–Kier alpha value is -3.55. The molecule has 8 heteroatoms. The van der Waals surface area contributed by atoms with Crippen LogP contribution in [-0.4, -0.2) is 21.3 Å². The molecule has 0 aliphatic carbocycles. The number of anilines is 1. The maximum absolute atomic E-state index is 13.4. The summed E-state index contributed by atoms with van der Waals surface area (Å²) in [7, 11) is 0. The van der Waals surface area contributed by atoms with E-state index in [0.717, 1.165) is 6.07 Å². The Bertz CT molecular complexity index is 1120. The summed E-state index contributed by atoms with van der Waals surface area (Å²) in [6, 6.07) is 8.32. The highest BCUT2D eigenvalue weighted by molar-refractivity contribution is 6.13. The van der Waals surface area contributed by atoms with Crippen molar-refractivity contribution in [2.75, 3.05) is 5.32 Å². The average Bonchev–Trinajstić information content (AvgIpc) is 2.80. The van der Waals surface area contributed by atoms with Crippen molar-refractivity contribution in [3.63, 3.8) is 0 Å². The first-order valence-electron chi connectivity index (χ1n) is 6.98. The Labute approximate surface area is 134 Å². The molecule has 2 heterocycles. The van der Waals surface area contributed by atoms with Crippen molar-refractivity contribution in [3.8, 4) is 5.69 Å². The van der Waals surface area contributed by atoms with Crippen LogP contribution in [0.4, 0.5) is 10.1 Å². The van der Waals surface area contributed by atoms with Crippen molar-refractivity contribution in [1.82, 2.24) is 9.55 Å². The Morgan fingerprint density at radius 1 is 1.21 bits per heavy atom. The van der Waals surface area contributed by atoms with E-state index in [0.29, 0.717) is 16.9 Å². The molecule has 0 saturated heterocycles. The van der Waals surface area contributed by atoms with Gasteiger partial charge in [0.05, 0.1) is 22.2 Å². The highest BCUT2D eigenvalue weighted by Crippen LogP contribution is 2.27. The molecule has 1 aliphatic rings. The van der Waals surface area contributed by atoms with E-state index in [4.69, 9.17) is 11.1 Å². The highest BCUT2D eigenvalue weighted by atomic mass is 19.1. The summed E-state index contributed by atoms with van der Waals surface area (Å²) in [5.41, 5.74) is 6.05. The van der Waals surface area contributed by atoms with Crippen molar-refractivity contribution < 1.29 is 9.18 Å². The summed E-state index contributed by atoms with van der Waals surface area (Å²) in [5.74, 6) is -1.35. The van der Waals surface area contributed by atoms with Gasteiger partial charge in [-0.2, -0.15) is 0 Å². The predicted octanol–water partition coefficient (Wildman–Crippen LogP) is 1.37. The molecule has 0 radical (unpaired) electrons. The Morgan fingerprint density at radius 3 is 2.75 bits per heavy atom. The zero-order chi connectivity index (χ0) is 17.0. The van der Waals surface area contributed by atoms with Crippen LogP contribution in [0.15, 0.2) is 41.2 Å². The van der Waals surface area contributed by atoms with Crippen molar-refractivity contribution in [2.45, 2.75) is 0 Å². The van der Waals surface area contributed by atoms with Crippen molar-refractivity contribution in [3.05, 3.63) is 64.0 Å². The van der Waals surface area contributed by atoms with Crippen LogP contribution in [0.2, 0.25) is 0 Å². The molecule has 0 amide bonds. The standard InChI is InChI=1S/C16H10FN5O2/c17-7-1-4-12-10(5-7)13(23)14-21-11-3-2-8(20-16(18)19)6-9(11)15(24)22(12)14/h1-6H,(H4,18,19,20). The normalized spacial score (nSPS) is 12.1. The molecule has 7 nitrogen and oxygen atoms in total. The number of rotatable bonds is 1. The number of nitrogens with one attached hydrogen (secondary N) is 2. The zero-order valence-electron chi connectivity index (χ0n) is 12.1. The third-order valence-electron chi connectivity index (χ3n) is 3.79. The fourth-order valence-corrected chi connectivity index (χ4v) is 2.80. The summed E-state index contributed by atoms with van der Waals surface area (Å²) in [6.45, 7) is 0. The number of ketones is 1. The first-order valence-corrected chi connectivity index (χ1v) is 6.98. The summed E-state index contributed by atoms with van der Waals surface area (Å²) in [6.07, 6.45) is 0. The van der Waals surface area contributed by atoms with Crippen LogP contribution < -0.4 is 16.6 Å². The number of carbonyl (C=O) groups is 1. The quantitative estimate of drug-likeness (QED) is 0.362. The zero-order valence-corrected chi connectivity index (χ0v) is 12.1. The molecule has 0 bridgehead atoms.